The molecule has 26 heavy (non-hydrogen) atoms. The molecule has 0 spiro atoms. The fraction of sp³-hybridized carbons (Fsp3) is 0.176. The summed E-state index contributed by atoms with van der Waals surface area (Å²) in [5.74, 6) is -0.279. The van der Waals surface area contributed by atoms with Gasteiger partial charge >= 0.3 is 5.97 Å². The molecule has 0 aliphatic rings. The van der Waals surface area contributed by atoms with Crippen molar-refractivity contribution >= 4 is 27.3 Å². The predicted octanol–water partition coefficient (Wildman–Crippen LogP) is 3.06. The number of sulfonamides is 1. The van der Waals surface area contributed by atoms with Gasteiger partial charge in [-0.1, -0.05) is 35.5 Å². The van der Waals surface area contributed by atoms with Crippen LogP contribution in [-0.2, 0) is 21.3 Å². The lowest BCUT2D eigenvalue weighted by Gasteiger charge is -2.04. The van der Waals surface area contributed by atoms with Gasteiger partial charge < -0.3 is 9.26 Å². The molecule has 2 heterocycles. The number of carbonyl (C=O) groups excluding carboxylic acids is 1. The van der Waals surface area contributed by atoms with Crippen LogP contribution in [0.3, 0.4) is 0 Å². The third-order valence-corrected chi connectivity index (χ3v) is 6.39. The van der Waals surface area contributed by atoms with E-state index in [-0.39, 0.29) is 23.1 Å². The number of benzene rings is 1. The maximum atomic E-state index is 12.4. The summed E-state index contributed by atoms with van der Waals surface area (Å²) in [5, 5.41) is 3.65. The largest absolute Gasteiger partial charge is 0.461 e. The van der Waals surface area contributed by atoms with Crippen molar-refractivity contribution in [3.8, 4) is 10.6 Å². The van der Waals surface area contributed by atoms with E-state index in [1.54, 1.807) is 13.0 Å². The monoisotopic (exact) mass is 392 g/mol. The number of nitrogens with zero attached hydrogens (tertiary/aromatic N) is 1. The van der Waals surface area contributed by atoms with Crippen LogP contribution in [-0.4, -0.2) is 26.2 Å². The first-order chi connectivity index (χ1) is 12.5. The first kappa shape index (κ1) is 18.3. The van der Waals surface area contributed by atoms with Crippen molar-refractivity contribution in [3.05, 3.63) is 59.8 Å². The summed E-state index contributed by atoms with van der Waals surface area (Å²) in [6, 6.07) is 13.8. The molecule has 1 aromatic carbocycles. The van der Waals surface area contributed by atoms with E-state index in [0.29, 0.717) is 10.6 Å². The molecule has 136 valence electrons. The molecule has 0 radical (unpaired) electrons. The van der Waals surface area contributed by atoms with Crippen molar-refractivity contribution in [1.29, 1.82) is 0 Å². The zero-order valence-electron chi connectivity index (χ0n) is 13.8. The van der Waals surface area contributed by atoms with Crippen molar-refractivity contribution in [2.24, 2.45) is 0 Å². The number of nitrogens with one attached hydrogen (secondary N) is 1. The summed E-state index contributed by atoms with van der Waals surface area (Å²) in [6.45, 7) is 2.12. The van der Waals surface area contributed by atoms with E-state index >= 15 is 0 Å². The van der Waals surface area contributed by atoms with Crippen LogP contribution in [0.5, 0.6) is 0 Å². The molecule has 0 aliphatic heterocycles. The predicted molar refractivity (Wildman–Crippen MR) is 96.2 cm³/mol. The van der Waals surface area contributed by atoms with Crippen molar-refractivity contribution in [2.75, 3.05) is 6.61 Å². The Kier molecular flexibility index (Phi) is 5.50. The van der Waals surface area contributed by atoms with E-state index in [1.807, 2.05) is 30.3 Å². The maximum Gasteiger partial charge on any atom is 0.360 e. The van der Waals surface area contributed by atoms with Crippen LogP contribution in [0.25, 0.3) is 10.6 Å². The molecule has 0 atom stereocenters. The van der Waals surface area contributed by atoms with Gasteiger partial charge in [-0.05, 0) is 24.6 Å². The van der Waals surface area contributed by atoms with Gasteiger partial charge in [0.05, 0.1) is 11.5 Å². The van der Waals surface area contributed by atoms with Crippen LogP contribution in [0, 0.1) is 0 Å². The lowest BCUT2D eigenvalue weighted by molar-refractivity contribution is 0.0514. The third kappa shape index (κ3) is 4.18. The van der Waals surface area contributed by atoms with Crippen molar-refractivity contribution in [3.63, 3.8) is 0 Å². The van der Waals surface area contributed by atoms with Gasteiger partial charge in [-0.25, -0.2) is 17.9 Å². The molecular formula is C17H16N2O5S2. The van der Waals surface area contributed by atoms with Crippen LogP contribution in [0.1, 0.15) is 23.0 Å². The van der Waals surface area contributed by atoms with Gasteiger partial charge in [-0.3, -0.25) is 0 Å². The minimum absolute atomic E-state index is 0.0434. The second-order valence-corrected chi connectivity index (χ2v) is 8.30. The Morgan fingerprint density at radius 2 is 2.00 bits per heavy atom. The lowest BCUT2D eigenvalue weighted by Crippen LogP contribution is -2.22. The highest BCUT2D eigenvalue weighted by Crippen LogP contribution is 2.31. The molecule has 2 aromatic heterocycles. The van der Waals surface area contributed by atoms with Crippen molar-refractivity contribution < 1.29 is 22.5 Å². The summed E-state index contributed by atoms with van der Waals surface area (Å²) in [6.07, 6.45) is 0. The first-order valence-corrected chi connectivity index (χ1v) is 10.1. The zero-order valence-corrected chi connectivity index (χ0v) is 15.5. The van der Waals surface area contributed by atoms with E-state index in [4.69, 9.17) is 9.26 Å². The highest BCUT2D eigenvalue weighted by atomic mass is 32.2. The number of rotatable bonds is 7. The SMILES string of the molecule is CCOC(=O)c1cc(-c2ccc(S(=O)(=O)NCc3ccccc3)s2)on1. The van der Waals surface area contributed by atoms with Crippen LogP contribution < -0.4 is 4.72 Å². The third-order valence-electron chi connectivity index (χ3n) is 3.39. The average Bonchev–Trinajstić information content (AvgIpc) is 3.31. The molecule has 9 heteroatoms. The number of ether oxygens (including phenoxy) is 1. The fourth-order valence-corrected chi connectivity index (χ4v) is 4.45. The smallest absolute Gasteiger partial charge is 0.360 e. The van der Waals surface area contributed by atoms with Gasteiger partial charge in [0.1, 0.15) is 4.21 Å². The van der Waals surface area contributed by atoms with E-state index < -0.39 is 16.0 Å². The number of thiophene rings is 1. The average molecular weight is 392 g/mol. The summed E-state index contributed by atoms with van der Waals surface area (Å²) < 4.78 is 37.5. The molecule has 0 saturated carbocycles. The Bertz CT molecular complexity index is 993. The number of carbonyl (C=O) groups is 1. The molecule has 0 aliphatic carbocycles. The topological polar surface area (TPSA) is 98.5 Å². The molecule has 7 nitrogen and oxygen atoms in total. The second kappa shape index (κ2) is 7.81. The molecule has 3 rings (SSSR count). The summed E-state index contributed by atoms with van der Waals surface area (Å²) in [7, 11) is -3.65. The number of hydrogen-bond donors (Lipinski definition) is 1. The van der Waals surface area contributed by atoms with Gasteiger partial charge in [-0.2, -0.15) is 0 Å². The first-order valence-electron chi connectivity index (χ1n) is 7.77. The fourth-order valence-electron chi connectivity index (χ4n) is 2.13. The number of esters is 1. The summed E-state index contributed by atoms with van der Waals surface area (Å²) >= 11 is 1.03. The minimum atomic E-state index is -3.65. The molecule has 0 amide bonds. The van der Waals surface area contributed by atoms with Gasteiger partial charge in [0.25, 0.3) is 0 Å². The molecule has 1 N–H and O–H groups in total. The normalized spacial score (nSPS) is 11.4. The molecule has 3 aromatic rings. The lowest BCUT2D eigenvalue weighted by atomic mass is 10.2. The quantitative estimate of drug-likeness (QED) is 0.621. The van der Waals surface area contributed by atoms with Gasteiger partial charge in [0.2, 0.25) is 10.0 Å². The molecule has 0 saturated heterocycles. The number of hydrogen-bond acceptors (Lipinski definition) is 7. The Labute approximate surface area is 154 Å². The molecule has 0 fully saturated rings. The summed E-state index contributed by atoms with van der Waals surface area (Å²) in [4.78, 5) is 12.2. The summed E-state index contributed by atoms with van der Waals surface area (Å²) in [5.41, 5.74) is 0.907. The van der Waals surface area contributed by atoms with Crippen LogP contribution in [0.2, 0.25) is 0 Å². The number of aromatic nitrogens is 1. The van der Waals surface area contributed by atoms with Crippen molar-refractivity contribution in [2.45, 2.75) is 17.7 Å². The Balaban J connectivity index is 1.73. The second-order valence-electron chi connectivity index (χ2n) is 5.23. The van der Waals surface area contributed by atoms with Crippen LogP contribution >= 0.6 is 11.3 Å². The minimum Gasteiger partial charge on any atom is -0.461 e. The maximum absolute atomic E-state index is 12.4. The van der Waals surface area contributed by atoms with E-state index in [0.717, 1.165) is 16.9 Å². The van der Waals surface area contributed by atoms with Gasteiger partial charge in [0, 0.05) is 12.6 Å². The Morgan fingerprint density at radius 3 is 2.73 bits per heavy atom. The van der Waals surface area contributed by atoms with Crippen molar-refractivity contribution in [1.82, 2.24) is 9.88 Å². The van der Waals surface area contributed by atoms with E-state index in [2.05, 4.69) is 9.88 Å². The van der Waals surface area contributed by atoms with Gasteiger partial charge in [-0.15, -0.1) is 11.3 Å². The van der Waals surface area contributed by atoms with Crippen LogP contribution in [0.4, 0.5) is 0 Å². The van der Waals surface area contributed by atoms with Gasteiger partial charge in [0.15, 0.2) is 11.5 Å². The van der Waals surface area contributed by atoms with Crippen LogP contribution in [0.15, 0.2) is 57.3 Å². The standard InChI is InChI=1S/C17H16N2O5S2/c1-2-23-17(20)13-10-14(24-19-13)15-8-9-16(25-15)26(21,22)18-11-12-6-4-3-5-7-12/h3-10,18H,2,11H2,1H3. The molecular weight excluding hydrogens is 376 g/mol. The highest BCUT2D eigenvalue weighted by Gasteiger charge is 2.20. The molecule has 0 bridgehead atoms. The van der Waals surface area contributed by atoms with E-state index in [9.17, 15) is 13.2 Å². The molecule has 0 unspecified atom stereocenters. The van der Waals surface area contributed by atoms with E-state index in [1.165, 1.54) is 12.1 Å². The zero-order chi connectivity index (χ0) is 18.6. The Hall–Kier alpha value is -2.49. The Morgan fingerprint density at radius 1 is 1.23 bits per heavy atom. The highest BCUT2D eigenvalue weighted by molar-refractivity contribution is 7.91.